The quantitative estimate of drug-likeness (QED) is 0.126. The lowest BCUT2D eigenvalue weighted by Crippen LogP contribution is -2.28. The molecule has 0 aliphatic heterocycles. The van der Waals surface area contributed by atoms with E-state index in [2.05, 4.69) is 5.16 Å². The Hall–Kier alpha value is -6.01. The Labute approximate surface area is 335 Å². The van der Waals surface area contributed by atoms with Crippen molar-refractivity contribution in [3.8, 4) is 28.6 Å². The molecule has 12 nitrogen and oxygen atoms in total. The minimum atomic E-state index is -1.07. The molecule has 1 N–H and O–H groups in total. The average molecular weight is 798 g/mol. The van der Waals surface area contributed by atoms with E-state index in [-0.39, 0.29) is 61.8 Å². The number of methoxy groups -OCH3 is 1. The van der Waals surface area contributed by atoms with E-state index in [1.54, 1.807) is 89.2 Å². The van der Waals surface area contributed by atoms with Gasteiger partial charge in [0.15, 0.2) is 17.3 Å². The first kappa shape index (κ1) is 42.1. The van der Waals surface area contributed by atoms with Gasteiger partial charge in [0.05, 0.1) is 40.1 Å². The maximum Gasteiger partial charge on any atom is 0.344 e. The van der Waals surface area contributed by atoms with E-state index >= 15 is 0 Å². The molecule has 4 aromatic rings. The van der Waals surface area contributed by atoms with Gasteiger partial charge in [-0.3, -0.25) is 9.59 Å². The maximum absolute atomic E-state index is 14.3. The molecule has 0 bridgehead atoms. The van der Waals surface area contributed by atoms with Crippen molar-refractivity contribution in [3.05, 3.63) is 113 Å². The zero-order chi connectivity index (χ0) is 42.5. The predicted molar refractivity (Wildman–Crippen MR) is 212 cm³/mol. The Morgan fingerprint density at radius 3 is 1.65 bits per heavy atom. The summed E-state index contributed by atoms with van der Waals surface area (Å²) in [5.41, 5.74) is 6.18. The number of halogens is 1. The Morgan fingerprint density at radius 2 is 1.14 bits per heavy atom. The molecule has 1 aromatic heterocycles. The predicted octanol–water partition coefficient (Wildman–Crippen LogP) is 9.11. The second-order valence-electron chi connectivity index (χ2n) is 14.4. The fourth-order valence-electron chi connectivity index (χ4n) is 7.32. The van der Waals surface area contributed by atoms with Gasteiger partial charge >= 0.3 is 23.9 Å². The molecule has 57 heavy (non-hydrogen) atoms. The first-order valence-corrected chi connectivity index (χ1v) is 18.4. The molecule has 0 spiro atoms. The van der Waals surface area contributed by atoms with Gasteiger partial charge in [-0.2, -0.15) is 0 Å². The summed E-state index contributed by atoms with van der Waals surface area (Å²) < 4.78 is 29.1. The monoisotopic (exact) mass is 797 g/mol. The van der Waals surface area contributed by atoms with Crippen LogP contribution in [0.3, 0.4) is 0 Å². The number of carboxylic acids is 1. The topological polar surface area (TPSA) is 169 Å². The fourth-order valence-corrected chi connectivity index (χ4v) is 7.59. The molecule has 0 fully saturated rings. The van der Waals surface area contributed by atoms with Gasteiger partial charge in [0.2, 0.25) is 0 Å². The normalized spacial score (nSPS) is 13.9. The van der Waals surface area contributed by atoms with Gasteiger partial charge < -0.3 is 28.6 Å². The first-order valence-electron chi connectivity index (χ1n) is 18.0. The van der Waals surface area contributed by atoms with Gasteiger partial charge in [-0.25, -0.2) is 14.4 Å². The van der Waals surface area contributed by atoms with Crippen molar-refractivity contribution in [1.82, 2.24) is 5.16 Å². The average Bonchev–Trinajstić information content (AvgIpc) is 3.57. The van der Waals surface area contributed by atoms with Crippen LogP contribution in [-0.4, -0.2) is 47.0 Å². The lowest BCUT2D eigenvalue weighted by Gasteiger charge is -2.24. The van der Waals surface area contributed by atoms with Crippen LogP contribution in [0.15, 0.2) is 34.1 Å². The largest absolute Gasteiger partial charge is 0.500 e. The lowest BCUT2D eigenvalue weighted by atomic mass is 9.90. The number of benzene rings is 3. The zero-order valence-corrected chi connectivity index (χ0v) is 34.9. The van der Waals surface area contributed by atoms with Crippen LogP contribution < -0.4 is 14.2 Å². The third kappa shape index (κ3) is 7.37. The van der Waals surface area contributed by atoms with E-state index in [1.165, 1.54) is 19.3 Å². The highest BCUT2D eigenvalue weighted by Gasteiger charge is 2.35. The van der Waals surface area contributed by atoms with Crippen LogP contribution in [0.2, 0.25) is 5.02 Å². The second kappa shape index (κ2) is 15.9. The minimum Gasteiger partial charge on any atom is -0.500 e. The Morgan fingerprint density at radius 1 is 0.649 bits per heavy atom. The van der Waals surface area contributed by atoms with E-state index < -0.39 is 29.8 Å². The molecule has 5 rings (SSSR count). The number of hydrogen-bond acceptors (Lipinski definition) is 11. The first-order chi connectivity index (χ1) is 26.6. The van der Waals surface area contributed by atoms with Crippen LogP contribution in [-0.2, 0) is 14.3 Å². The molecular formula is C44H44ClNO11. The van der Waals surface area contributed by atoms with Crippen molar-refractivity contribution in [2.75, 3.05) is 7.11 Å². The van der Waals surface area contributed by atoms with E-state index in [0.29, 0.717) is 66.9 Å². The van der Waals surface area contributed by atoms with Crippen LogP contribution in [0.5, 0.6) is 17.2 Å². The smallest absolute Gasteiger partial charge is 0.344 e. The number of aromatic carboxylic acids is 1. The molecule has 13 heteroatoms. The van der Waals surface area contributed by atoms with Crippen LogP contribution in [0, 0.1) is 82.1 Å². The van der Waals surface area contributed by atoms with Gasteiger partial charge in [-0.15, -0.1) is 0 Å². The van der Waals surface area contributed by atoms with Gasteiger partial charge in [-0.05, 0) is 150 Å². The van der Waals surface area contributed by atoms with E-state index in [0.717, 1.165) is 0 Å². The highest BCUT2D eigenvalue weighted by molar-refractivity contribution is 6.33. The zero-order valence-electron chi connectivity index (χ0n) is 34.2. The summed E-state index contributed by atoms with van der Waals surface area (Å²) >= 11 is 6.83. The molecule has 1 aliphatic rings. The molecule has 0 saturated heterocycles. The standard InChI is InChI=1S/C44H44ClNO11/c1-17-14-29(47)16-30(53-13)32(17)42(50)56-40-26(10)22(6)35(28(12)37(40)45)44(52)55-39-25(9)21(5)34(27(11)36(39)31-15-18(2)46-57-31)43(51)54-38-23(7)19(3)33(41(48)49)20(4)24(38)8/h14-16,32H,1-13H3,(H,48,49). The Bertz CT molecular complexity index is 2460. The van der Waals surface area contributed by atoms with Gasteiger partial charge in [0.25, 0.3) is 0 Å². The molecular weight excluding hydrogens is 754 g/mol. The number of nitrogens with zero attached hydrogens (tertiary/aromatic N) is 1. The molecule has 0 saturated carbocycles. The number of carbonyl (C=O) groups is 5. The van der Waals surface area contributed by atoms with E-state index in [4.69, 9.17) is 35.1 Å². The summed E-state index contributed by atoms with van der Waals surface area (Å²) in [6.07, 6.45) is 2.56. The van der Waals surface area contributed by atoms with Crippen molar-refractivity contribution in [1.29, 1.82) is 0 Å². The summed E-state index contributed by atoms with van der Waals surface area (Å²) in [6, 6.07) is 1.65. The maximum atomic E-state index is 14.3. The van der Waals surface area contributed by atoms with Crippen molar-refractivity contribution < 1.29 is 52.5 Å². The molecule has 3 aromatic carbocycles. The minimum absolute atomic E-state index is 0.00979. The van der Waals surface area contributed by atoms with Gasteiger partial charge in [0, 0.05) is 12.1 Å². The molecule has 298 valence electrons. The Balaban J connectivity index is 1.58. The van der Waals surface area contributed by atoms with Crippen molar-refractivity contribution in [2.24, 2.45) is 5.92 Å². The summed E-state index contributed by atoms with van der Waals surface area (Å²) in [4.78, 5) is 66.0. The number of rotatable bonds is 9. The highest BCUT2D eigenvalue weighted by Crippen LogP contribution is 2.44. The van der Waals surface area contributed by atoms with Crippen molar-refractivity contribution in [3.63, 3.8) is 0 Å². The number of hydrogen-bond donors (Lipinski definition) is 1. The Kier molecular flexibility index (Phi) is 11.7. The number of aryl methyl sites for hydroxylation is 1. The van der Waals surface area contributed by atoms with E-state index in [9.17, 15) is 29.1 Å². The van der Waals surface area contributed by atoms with Crippen molar-refractivity contribution in [2.45, 2.75) is 83.1 Å². The molecule has 0 amide bonds. The number of carbonyl (C=O) groups excluding carboxylic acids is 4. The van der Waals surface area contributed by atoms with Gasteiger partial charge in [0.1, 0.15) is 23.2 Å². The van der Waals surface area contributed by atoms with Crippen LogP contribution in [0.25, 0.3) is 11.3 Å². The summed E-state index contributed by atoms with van der Waals surface area (Å²) in [5.74, 6) is -3.76. The fraction of sp³-hybridized carbons (Fsp3) is 0.318. The SMILES string of the molecule is COC1=CC(=O)C=C(C)C1C(=O)Oc1c(C)c(C)c(C(=O)Oc2c(C)c(C)c(C(=O)Oc3c(C)c(C)c(C(=O)O)c(C)c3C)c(C)c2-c2cc(C)no2)c(C)c1Cl. The van der Waals surface area contributed by atoms with Crippen LogP contribution in [0.1, 0.15) is 99.3 Å². The summed E-state index contributed by atoms with van der Waals surface area (Å²) in [6.45, 7) is 20.1. The molecule has 1 aliphatic carbocycles. The molecule has 0 radical (unpaired) electrons. The molecule has 1 atom stereocenters. The number of aromatic nitrogens is 1. The molecule has 1 unspecified atom stereocenters. The number of ketones is 1. The van der Waals surface area contributed by atoms with Crippen LogP contribution in [0.4, 0.5) is 0 Å². The van der Waals surface area contributed by atoms with Gasteiger partial charge in [-0.1, -0.05) is 16.8 Å². The second-order valence-corrected chi connectivity index (χ2v) is 14.7. The molecule has 1 heterocycles. The van der Waals surface area contributed by atoms with E-state index in [1.807, 2.05) is 0 Å². The third-order valence-corrected chi connectivity index (χ3v) is 11.4. The number of carboxylic acid groups (broad SMARTS) is 1. The number of esters is 3. The van der Waals surface area contributed by atoms with Crippen molar-refractivity contribution >= 4 is 41.3 Å². The lowest BCUT2D eigenvalue weighted by molar-refractivity contribution is -0.137. The summed E-state index contributed by atoms with van der Waals surface area (Å²) in [5, 5.41) is 13.9. The summed E-state index contributed by atoms with van der Waals surface area (Å²) in [7, 11) is 1.36. The number of ether oxygens (including phenoxy) is 4. The highest BCUT2D eigenvalue weighted by atomic mass is 35.5. The van der Waals surface area contributed by atoms with Crippen LogP contribution >= 0.6 is 11.6 Å². The number of allylic oxidation sites excluding steroid dienone is 2. The third-order valence-electron chi connectivity index (χ3n) is 10.9.